The van der Waals surface area contributed by atoms with Crippen LogP contribution in [0.15, 0.2) is 18.2 Å². The number of methoxy groups -OCH3 is 1. The van der Waals surface area contributed by atoms with Crippen molar-refractivity contribution in [3.8, 4) is 5.75 Å². The van der Waals surface area contributed by atoms with Crippen LogP contribution in [0.3, 0.4) is 0 Å². The van der Waals surface area contributed by atoms with Gasteiger partial charge >= 0.3 is 5.97 Å². The van der Waals surface area contributed by atoms with E-state index in [0.717, 1.165) is 0 Å². The zero-order valence-corrected chi connectivity index (χ0v) is 11.1. The van der Waals surface area contributed by atoms with Crippen LogP contribution in [0.25, 0.3) is 0 Å². The third-order valence-corrected chi connectivity index (χ3v) is 2.54. The molecule has 0 aliphatic carbocycles. The molecule has 0 heterocycles. The molecule has 0 aliphatic heterocycles. The summed E-state index contributed by atoms with van der Waals surface area (Å²) in [5, 5.41) is 0. The number of carbonyl (C=O) groups excluding carboxylic acids is 2. The molecule has 1 aromatic rings. The van der Waals surface area contributed by atoms with Crippen LogP contribution < -0.4 is 4.74 Å². The van der Waals surface area contributed by atoms with Gasteiger partial charge in [-0.3, -0.25) is 4.79 Å². The number of carbonyl (C=O) groups is 2. The van der Waals surface area contributed by atoms with Crippen LogP contribution in [-0.4, -0.2) is 31.3 Å². The lowest BCUT2D eigenvalue weighted by Gasteiger charge is -2.11. The Balaban J connectivity index is 3.24. The number of hydrogen-bond acceptors (Lipinski definition) is 4. The van der Waals surface area contributed by atoms with Crippen LogP contribution in [0.2, 0.25) is 0 Å². The maximum atomic E-state index is 11.9. The summed E-state index contributed by atoms with van der Waals surface area (Å²) >= 11 is 5.54. The Morgan fingerprint density at radius 3 is 2.61 bits per heavy atom. The van der Waals surface area contributed by atoms with Crippen molar-refractivity contribution in [1.29, 1.82) is 0 Å². The van der Waals surface area contributed by atoms with Crippen molar-refractivity contribution in [2.45, 2.75) is 13.3 Å². The highest BCUT2D eigenvalue weighted by Gasteiger charge is 2.22. The van der Waals surface area contributed by atoms with Gasteiger partial charge in [-0.15, -0.1) is 11.6 Å². The number of alkyl halides is 1. The van der Waals surface area contributed by atoms with Crippen LogP contribution in [0.5, 0.6) is 5.75 Å². The number of halogens is 1. The minimum absolute atomic E-state index is 0.164. The molecule has 0 N–H and O–H groups in total. The SMILES string of the molecule is CCOC(=O)c1c(OC)cccc1C(=O)CCCl. The summed E-state index contributed by atoms with van der Waals surface area (Å²) in [6.45, 7) is 1.94. The third kappa shape index (κ3) is 3.23. The van der Waals surface area contributed by atoms with E-state index >= 15 is 0 Å². The van der Waals surface area contributed by atoms with Crippen LogP contribution in [0, 0.1) is 0 Å². The minimum Gasteiger partial charge on any atom is -0.496 e. The van der Waals surface area contributed by atoms with Gasteiger partial charge in [0.05, 0.1) is 13.7 Å². The molecule has 0 radical (unpaired) electrons. The molecular formula is C13H15ClO4. The molecule has 98 valence electrons. The maximum Gasteiger partial charge on any atom is 0.342 e. The van der Waals surface area contributed by atoms with Gasteiger partial charge in [-0.1, -0.05) is 12.1 Å². The largest absolute Gasteiger partial charge is 0.496 e. The van der Waals surface area contributed by atoms with E-state index in [0.29, 0.717) is 5.75 Å². The summed E-state index contributed by atoms with van der Waals surface area (Å²) in [5.74, 6) is -0.230. The van der Waals surface area contributed by atoms with Crippen molar-refractivity contribution < 1.29 is 19.1 Å². The molecule has 0 aliphatic rings. The van der Waals surface area contributed by atoms with Crippen molar-refractivity contribution in [2.24, 2.45) is 0 Å². The number of benzene rings is 1. The molecule has 0 aromatic heterocycles. The van der Waals surface area contributed by atoms with E-state index in [1.807, 2.05) is 0 Å². The molecule has 18 heavy (non-hydrogen) atoms. The molecule has 0 saturated carbocycles. The van der Waals surface area contributed by atoms with Gasteiger partial charge in [-0.25, -0.2) is 4.79 Å². The predicted molar refractivity (Wildman–Crippen MR) is 68.6 cm³/mol. The first kappa shape index (κ1) is 14.5. The highest BCUT2D eigenvalue weighted by molar-refractivity contribution is 6.20. The van der Waals surface area contributed by atoms with Crippen LogP contribution in [-0.2, 0) is 4.74 Å². The summed E-state index contributed by atoms with van der Waals surface area (Å²) < 4.78 is 10.0. The molecule has 0 spiro atoms. The van der Waals surface area contributed by atoms with Crippen molar-refractivity contribution in [2.75, 3.05) is 19.6 Å². The summed E-state index contributed by atoms with van der Waals surface area (Å²) in [6.07, 6.45) is 0.168. The third-order valence-electron chi connectivity index (χ3n) is 2.35. The van der Waals surface area contributed by atoms with E-state index in [2.05, 4.69) is 0 Å². The van der Waals surface area contributed by atoms with Crippen molar-refractivity contribution in [3.05, 3.63) is 29.3 Å². The molecule has 5 heteroatoms. The lowest BCUT2D eigenvalue weighted by Crippen LogP contribution is -2.13. The molecule has 0 atom stereocenters. The number of rotatable bonds is 6. The van der Waals surface area contributed by atoms with Gasteiger partial charge in [0.1, 0.15) is 11.3 Å². The Labute approximate surface area is 111 Å². The standard InChI is InChI=1S/C13H15ClO4/c1-3-18-13(16)12-9(10(15)7-8-14)5-4-6-11(12)17-2/h4-6H,3,7-8H2,1-2H3. The Bertz CT molecular complexity index is 443. The van der Waals surface area contributed by atoms with Crippen LogP contribution in [0.1, 0.15) is 34.1 Å². The van der Waals surface area contributed by atoms with Crippen molar-refractivity contribution in [3.63, 3.8) is 0 Å². The van der Waals surface area contributed by atoms with Gasteiger partial charge in [0.2, 0.25) is 0 Å². The number of ketones is 1. The van der Waals surface area contributed by atoms with E-state index in [-0.39, 0.29) is 35.8 Å². The smallest absolute Gasteiger partial charge is 0.342 e. The van der Waals surface area contributed by atoms with Gasteiger partial charge in [-0.05, 0) is 13.0 Å². The van der Waals surface area contributed by atoms with Crippen molar-refractivity contribution >= 4 is 23.4 Å². The quantitative estimate of drug-likeness (QED) is 0.453. The first-order valence-electron chi connectivity index (χ1n) is 5.59. The second kappa shape index (κ2) is 7.01. The van der Waals surface area contributed by atoms with Crippen molar-refractivity contribution in [1.82, 2.24) is 0 Å². The lowest BCUT2D eigenvalue weighted by atomic mass is 10.0. The average Bonchev–Trinajstić information content (AvgIpc) is 2.38. The molecule has 0 fully saturated rings. The molecule has 0 bridgehead atoms. The van der Waals surface area contributed by atoms with Gasteiger partial charge in [0.25, 0.3) is 0 Å². The fourth-order valence-corrected chi connectivity index (χ4v) is 1.74. The Kier molecular flexibility index (Phi) is 5.65. The highest BCUT2D eigenvalue weighted by atomic mass is 35.5. The fourth-order valence-electron chi connectivity index (χ4n) is 1.57. The minimum atomic E-state index is -0.562. The Hall–Kier alpha value is -1.55. The zero-order valence-electron chi connectivity index (χ0n) is 10.4. The predicted octanol–water partition coefficient (Wildman–Crippen LogP) is 2.68. The number of esters is 1. The van der Waals surface area contributed by atoms with Gasteiger partial charge in [0.15, 0.2) is 5.78 Å². The zero-order chi connectivity index (χ0) is 13.5. The topological polar surface area (TPSA) is 52.6 Å². The van der Waals surface area contributed by atoms with E-state index in [1.54, 1.807) is 25.1 Å². The van der Waals surface area contributed by atoms with E-state index in [1.165, 1.54) is 7.11 Å². The Morgan fingerprint density at radius 2 is 2.06 bits per heavy atom. The summed E-state index contributed by atoms with van der Waals surface area (Å²) in [4.78, 5) is 23.8. The summed E-state index contributed by atoms with van der Waals surface area (Å²) in [5.41, 5.74) is 0.449. The molecule has 0 amide bonds. The van der Waals surface area contributed by atoms with Crippen LogP contribution >= 0.6 is 11.6 Å². The monoisotopic (exact) mass is 270 g/mol. The second-order valence-corrected chi connectivity index (χ2v) is 3.84. The lowest BCUT2D eigenvalue weighted by molar-refractivity contribution is 0.0519. The Morgan fingerprint density at radius 1 is 1.33 bits per heavy atom. The second-order valence-electron chi connectivity index (χ2n) is 3.47. The van der Waals surface area contributed by atoms with E-state index < -0.39 is 5.97 Å². The first-order valence-corrected chi connectivity index (χ1v) is 6.12. The summed E-state index contributed by atoms with van der Waals surface area (Å²) in [7, 11) is 1.44. The van der Waals surface area contributed by atoms with Gasteiger partial charge in [-0.2, -0.15) is 0 Å². The van der Waals surface area contributed by atoms with Gasteiger partial charge < -0.3 is 9.47 Å². The molecule has 1 rings (SSSR count). The average molecular weight is 271 g/mol. The maximum absolute atomic E-state index is 11.9. The molecule has 0 unspecified atom stereocenters. The van der Waals surface area contributed by atoms with Gasteiger partial charge in [0, 0.05) is 17.9 Å². The summed E-state index contributed by atoms with van der Waals surface area (Å²) in [6, 6.07) is 4.84. The normalized spacial score (nSPS) is 9.94. The number of Topliss-reactive ketones (excluding diaryl/α,β-unsaturated/α-hetero) is 1. The number of ether oxygens (including phenoxy) is 2. The number of hydrogen-bond donors (Lipinski definition) is 0. The first-order chi connectivity index (χ1) is 8.65. The van der Waals surface area contributed by atoms with E-state index in [4.69, 9.17) is 21.1 Å². The molecule has 4 nitrogen and oxygen atoms in total. The van der Waals surface area contributed by atoms with Crippen LogP contribution in [0.4, 0.5) is 0 Å². The molecule has 1 aromatic carbocycles. The molecular weight excluding hydrogens is 256 g/mol. The van der Waals surface area contributed by atoms with E-state index in [9.17, 15) is 9.59 Å². The fraction of sp³-hybridized carbons (Fsp3) is 0.385. The highest BCUT2D eigenvalue weighted by Crippen LogP contribution is 2.24. The molecule has 0 saturated heterocycles.